The highest BCUT2D eigenvalue weighted by Gasteiger charge is 2.19. The van der Waals surface area contributed by atoms with Crippen LogP contribution in [0.4, 0.5) is 0 Å². The van der Waals surface area contributed by atoms with Crippen LogP contribution < -0.4 is 10.6 Å². The molecule has 0 aromatic carbocycles. The fraction of sp³-hybridized carbons (Fsp3) is 0.333. The lowest BCUT2D eigenvalue weighted by atomic mass is 10.2. The van der Waals surface area contributed by atoms with Crippen LogP contribution in [0, 0.1) is 0 Å². The summed E-state index contributed by atoms with van der Waals surface area (Å²) >= 11 is 11.3. The molecule has 1 rings (SSSR count). The number of ether oxygens (including phenoxy) is 1. The minimum absolute atomic E-state index is 0.200. The van der Waals surface area contributed by atoms with Crippen molar-refractivity contribution >= 4 is 55.2 Å². The second-order valence-electron chi connectivity index (χ2n) is 3.04. The van der Waals surface area contributed by atoms with Gasteiger partial charge in [0.2, 0.25) is 0 Å². The van der Waals surface area contributed by atoms with Crippen molar-refractivity contribution in [2.75, 3.05) is 13.2 Å². The molecule has 1 aliphatic heterocycles. The average molecular weight is 370 g/mol. The van der Waals surface area contributed by atoms with E-state index >= 15 is 0 Å². The lowest BCUT2D eigenvalue weighted by Gasteiger charge is -2.20. The van der Waals surface area contributed by atoms with Gasteiger partial charge in [0.05, 0.1) is 12.1 Å². The van der Waals surface area contributed by atoms with Gasteiger partial charge in [-0.15, -0.1) is 0 Å². The van der Waals surface area contributed by atoms with Gasteiger partial charge in [-0.3, -0.25) is 0 Å². The van der Waals surface area contributed by atoms with Gasteiger partial charge in [0.25, 0.3) is 0 Å². The molecule has 0 fully saturated rings. The van der Waals surface area contributed by atoms with Crippen LogP contribution in [0.2, 0.25) is 0 Å². The molecule has 7 heteroatoms. The number of carbonyl (C=O) groups is 1. The third-order valence-electron chi connectivity index (χ3n) is 1.89. The number of carbonyl (C=O) groups excluding carboxylic acids is 1. The zero-order chi connectivity index (χ0) is 12.1. The molecular weight excluding hydrogens is 360 g/mol. The van der Waals surface area contributed by atoms with Crippen molar-refractivity contribution in [1.29, 1.82) is 0 Å². The molecule has 2 N–H and O–H groups in total. The molecule has 1 aliphatic rings. The maximum atomic E-state index is 11.7. The molecule has 0 aromatic rings. The largest absolute Gasteiger partial charge is 0.457 e. The first-order chi connectivity index (χ1) is 7.54. The summed E-state index contributed by atoms with van der Waals surface area (Å²) in [6, 6.07) is 0. The number of hydrogen-bond acceptors (Lipinski definition) is 3. The van der Waals surface area contributed by atoms with E-state index in [1.807, 2.05) is 0 Å². The van der Waals surface area contributed by atoms with E-state index in [4.69, 9.17) is 17.0 Å². The Bertz CT molecular complexity index is 380. The topological polar surface area (TPSA) is 50.4 Å². The molecular formula is C9H10Br2N2O2S. The Morgan fingerprint density at radius 3 is 2.94 bits per heavy atom. The van der Waals surface area contributed by atoms with Crippen LogP contribution in [-0.4, -0.2) is 24.2 Å². The van der Waals surface area contributed by atoms with Crippen LogP contribution >= 0.6 is 44.1 Å². The van der Waals surface area contributed by atoms with Crippen molar-refractivity contribution in [3.05, 3.63) is 20.7 Å². The van der Waals surface area contributed by atoms with Gasteiger partial charge in [-0.2, -0.15) is 0 Å². The van der Waals surface area contributed by atoms with Crippen molar-refractivity contribution in [3.63, 3.8) is 0 Å². The van der Waals surface area contributed by atoms with Crippen LogP contribution in [0.3, 0.4) is 0 Å². The summed E-state index contributed by atoms with van der Waals surface area (Å²) in [5.74, 6) is -0.355. The Hall–Kier alpha value is -0.400. The molecule has 0 saturated heterocycles. The fourth-order valence-corrected chi connectivity index (χ4v) is 1.54. The molecule has 88 valence electrons. The normalized spacial score (nSPS) is 16.7. The number of rotatable bonds is 3. The highest BCUT2D eigenvalue weighted by molar-refractivity contribution is 9.14. The Morgan fingerprint density at radius 2 is 2.38 bits per heavy atom. The third-order valence-corrected chi connectivity index (χ3v) is 3.76. The van der Waals surface area contributed by atoms with Gasteiger partial charge in [-0.05, 0) is 24.1 Å². The first-order valence-electron chi connectivity index (χ1n) is 4.41. The van der Waals surface area contributed by atoms with E-state index in [-0.39, 0.29) is 12.6 Å². The van der Waals surface area contributed by atoms with Gasteiger partial charge in [-0.25, -0.2) is 4.79 Å². The first kappa shape index (κ1) is 13.7. The fourth-order valence-electron chi connectivity index (χ4n) is 1.07. The van der Waals surface area contributed by atoms with Crippen molar-refractivity contribution in [3.8, 4) is 0 Å². The van der Waals surface area contributed by atoms with Crippen LogP contribution in [0.1, 0.15) is 6.92 Å². The lowest BCUT2D eigenvalue weighted by Crippen LogP contribution is -2.42. The zero-order valence-electron chi connectivity index (χ0n) is 8.47. The van der Waals surface area contributed by atoms with E-state index in [2.05, 4.69) is 42.5 Å². The quantitative estimate of drug-likeness (QED) is 0.588. The Morgan fingerprint density at radius 1 is 1.69 bits per heavy atom. The third kappa shape index (κ3) is 3.88. The number of esters is 1. The molecule has 0 amide bonds. The summed E-state index contributed by atoms with van der Waals surface area (Å²) < 4.78 is 5.83. The van der Waals surface area contributed by atoms with Gasteiger partial charge in [0.15, 0.2) is 5.11 Å². The van der Waals surface area contributed by atoms with Crippen molar-refractivity contribution in [1.82, 2.24) is 10.6 Å². The highest BCUT2D eigenvalue weighted by Crippen LogP contribution is 2.11. The molecule has 0 radical (unpaired) electrons. The highest BCUT2D eigenvalue weighted by atomic mass is 79.9. The van der Waals surface area contributed by atoms with E-state index < -0.39 is 0 Å². The van der Waals surface area contributed by atoms with Crippen LogP contribution in [0.15, 0.2) is 20.7 Å². The number of allylic oxidation sites excluding steroid dienone is 1. The SMILES string of the molecule is CC1=C(C(=O)OC/C(Br)=C/Br)CNC(=S)N1. The molecule has 0 saturated carbocycles. The summed E-state index contributed by atoms with van der Waals surface area (Å²) in [7, 11) is 0. The van der Waals surface area contributed by atoms with Gasteiger partial charge < -0.3 is 15.4 Å². The van der Waals surface area contributed by atoms with Crippen LogP contribution in [0.5, 0.6) is 0 Å². The average Bonchev–Trinajstić information content (AvgIpc) is 2.25. The molecule has 0 unspecified atom stereocenters. The molecule has 0 spiro atoms. The first-order valence-corrected chi connectivity index (χ1v) is 6.52. The van der Waals surface area contributed by atoms with Crippen molar-refractivity contribution in [2.24, 2.45) is 0 Å². The maximum absolute atomic E-state index is 11.7. The second kappa shape index (κ2) is 6.36. The standard InChI is InChI=1S/C9H10Br2N2O2S/c1-5-7(3-12-9(16)13-5)8(14)15-4-6(11)2-10/h2H,3-4H2,1H3,(H2,12,13,16)/b6-2-. The second-order valence-corrected chi connectivity index (χ2v) is 4.93. The lowest BCUT2D eigenvalue weighted by molar-refractivity contribution is -0.138. The summed E-state index contributed by atoms with van der Waals surface area (Å²) in [6.07, 6.45) is 0. The van der Waals surface area contributed by atoms with Crippen molar-refractivity contribution in [2.45, 2.75) is 6.92 Å². The Balaban J connectivity index is 2.60. The number of hydrogen-bond donors (Lipinski definition) is 2. The maximum Gasteiger partial charge on any atom is 0.337 e. The minimum atomic E-state index is -0.355. The number of nitrogens with one attached hydrogen (secondary N) is 2. The predicted molar refractivity (Wildman–Crippen MR) is 73.3 cm³/mol. The molecule has 0 aliphatic carbocycles. The van der Waals surface area contributed by atoms with E-state index in [1.165, 1.54) is 0 Å². The van der Waals surface area contributed by atoms with E-state index in [0.717, 1.165) is 10.2 Å². The van der Waals surface area contributed by atoms with Crippen molar-refractivity contribution < 1.29 is 9.53 Å². The predicted octanol–water partition coefficient (Wildman–Crippen LogP) is 1.91. The number of thiocarbonyl (C=S) groups is 1. The van der Waals surface area contributed by atoms with E-state index in [1.54, 1.807) is 11.9 Å². The summed E-state index contributed by atoms with van der Waals surface area (Å²) in [5.41, 5.74) is 1.29. The van der Waals surface area contributed by atoms with E-state index in [9.17, 15) is 4.79 Å². The summed E-state index contributed by atoms with van der Waals surface area (Å²) in [5, 5.41) is 6.27. The van der Waals surface area contributed by atoms with Gasteiger partial charge in [0.1, 0.15) is 6.61 Å². The smallest absolute Gasteiger partial charge is 0.337 e. The Labute approximate surface area is 116 Å². The molecule has 0 bridgehead atoms. The Kier molecular flexibility index (Phi) is 5.43. The van der Waals surface area contributed by atoms with E-state index in [0.29, 0.717) is 17.2 Å². The molecule has 16 heavy (non-hydrogen) atoms. The monoisotopic (exact) mass is 368 g/mol. The molecule has 0 atom stereocenters. The zero-order valence-corrected chi connectivity index (χ0v) is 12.5. The van der Waals surface area contributed by atoms with Crippen LogP contribution in [0.25, 0.3) is 0 Å². The minimum Gasteiger partial charge on any atom is -0.457 e. The number of halogens is 2. The molecule has 0 aromatic heterocycles. The molecule has 1 heterocycles. The summed E-state index contributed by atoms with van der Waals surface area (Å²) in [4.78, 5) is 13.3. The summed E-state index contributed by atoms with van der Waals surface area (Å²) in [6.45, 7) is 2.39. The van der Waals surface area contributed by atoms with Gasteiger partial charge in [-0.1, -0.05) is 31.9 Å². The van der Waals surface area contributed by atoms with Crippen LogP contribution in [-0.2, 0) is 9.53 Å². The van der Waals surface area contributed by atoms with Gasteiger partial charge in [0, 0.05) is 10.2 Å². The van der Waals surface area contributed by atoms with Gasteiger partial charge >= 0.3 is 5.97 Å². The molecule has 4 nitrogen and oxygen atoms in total.